The molecule has 0 bridgehead atoms. The highest BCUT2D eigenvalue weighted by Gasteiger charge is 2.31. The zero-order valence-electron chi connectivity index (χ0n) is 65.9. The van der Waals surface area contributed by atoms with E-state index in [1.54, 1.807) is 0 Å². The molecule has 116 heavy (non-hydrogen) atoms. The predicted molar refractivity (Wildman–Crippen MR) is 481 cm³/mol. The molecule has 3 fully saturated rings. The van der Waals surface area contributed by atoms with E-state index in [-0.39, 0.29) is 61.7 Å². The number of fused-ring (bicyclic) bond motifs is 1. The van der Waals surface area contributed by atoms with Crippen LogP contribution in [0.1, 0.15) is 109 Å². The smallest absolute Gasteiger partial charge is 0.116 e. The summed E-state index contributed by atoms with van der Waals surface area (Å²) in [6.45, 7) is 8.58. The van der Waals surface area contributed by atoms with Crippen molar-refractivity contribution in [3.8, 4) is 77.9 Å². The first kappa shape index (κ1) is 77.4. The summed E-state index contributed by atoms with van der Waals surface area (Å²) in [4.78, 5) is 4.83. The lowest BCUT2D eigenvalue weighted by Crippen LogP contribution is -2.57. The van der Waals surface area contributed by atoms with Crippen molar-refractivity contribution in [2.24, 2.45) is 4.99 Å². The van der Waals surface area contributed by atoms with E-state index in [0.29, 0.717) is 0 Å². The minimum atomic E-state index is 0.0476. The minimum Gasteiger partial charge on any atom is -0.363 e. The Bertz CT molecular complexity index is 5540. The number of nitrogens with zero attached hydrogens (tertiary/aromatic N) is 1. The zero-order chi connectivity index (χ0) is 78.8. The van der Waals surface area contributed by atoms with Gasteiger partial charge in [-0.05, 0) is 157 Å². The Balaban J connectivity index is 0.000000117. The van der Waals surface area contributed by atoms with E-state index in [1.807, 2.05) is 6.07 Å². The largest absolute Gasteiger partial charge is 0.363 e. The van der Waals surface area contributed by atoms with Gasteiger partial charge in [0.1, 0.15) is 6.17 Å². The van der Waals surface area contributed by atoms with E-state index in [2.05, 4.69) is 481 Å². The molecule has 9 atom stereocenters. The number of benzene rings is 15. The molecule has 15 aromatic rings. The molecule has 0 spiro atoms. The summed E-state index contributed by atoms with van der Waals surface area (Å²) in [6, 6.07) is 143. The van der Waals surface area contributed by atoms with Crippen LogP contribution in [-0.2, 0) is 0 Å². The van der Waals surface area contributed by atoms with E-state index in [9.17, 15) is 0 Å². The van der Waals surface area contributed by atoms with Crippen LogP contribution in [0.4, 0.5) is 5.69 Å². The second kappa shape index (κ2) is 37.6. The first-order chi connectivity index (χ1) is 57.1. The van der Waals surface area contributed by atoms with Crippen molar-refractivity contribution in [2.75, 3.05) is 5.32 Å². The summed E-state index contributed by atoms with van der Waals surface area (Å²) in [7, 11) is 0. The molecule has 10 N–H and O–H groups in total. The van der Waals surface area contributed by atoms with Crippen LogP contribution in [0.2, 0.25) is 0 Å². The van der Waals surface area contributed by atoms with E-state index in [1.165, 1.54) is 111 Å². The van der Waals surface area contributed by atoms with Gasteiger partial charge in [0.15, 0.2) is 0 Å². The summed E-state index contributed by atoms with van der Waals surface area (Å²) >= 11 is 0. The maximum Gasteiger partial charge on any atom is 0.116 e. The Kier molecular flexibility index (Phi) is 25.1. The van der Waals surface area contributed by atoms with Crippen molar-refractivity contribution >= 4 is 11.4 Å². The van der Waals surface area contributed by atoms with Gasteiger partial charge in [0.25, 0.3) is 0 Å². The van der Waals surface area contributed by atoms with Crippen LogP contribution in [0.25, 0.3) is 77.9 Å². The number of para-hydroxylation sites is 1. The van der Waals surface area contributed by atoms with Crippen LogP contribution < -0.4 is 53.2 Å². The molecular weight excluding hydrogens is 1420 g/mol. The minimum absolute atomic E-state index is 0.0476. The average Bonchev–Trinajstić information content (AvgIpc) is 0.757. The Labute approximate surface area is 683 Å². The molecule has 0 saturated carbocycles. The highest BCUT2D eigenvalue weighted by molar-refractivity contribution is 6.17. The molecule has 4 aliphatic rings. The van der Waals surface area contributed by atoms with Crippen LogP contribution in [-0.4, -0.2) is 30.4 Å². The molecule has 0 radical (unpaired) electrons. The summed E-state index contributed by atoms with van der Waals surface area (Å²) in [5, 5.41) is 36.4. The Morgan fingerprint density at radius 1 is 0.190 bits per heavy atom. The lowest BCUT2D eigenvalue weighted by molar-refractivity contribution is 0.213. The van der Waals surface area contributed by atoms with Gasteiger partial charge in [-0.1, -0.05) is 388 Å². The molecule has 15 aromatic carbocycles. The number of anilines is 1. The summed E-state index contributed by atoms with van der Waals surface area (Å²) < 4.78 is 0. The van der Waals surface area contributed by atoms with E-state index >= 15 is 0 Å². The van der Waals surface area contributed by atoms with Gasteiger partial charge >= 0.3 is 0 Å². The number of nitrogens with one attached hydrogen (secondary N) is 10. The predicted octanol–water partition coefficient (Wildman–Crippen LogP) is 22.5. The van der Waals surface area contributed by atoms with Crippen molar-refractivity contribution in [1.82, 2.24) is 47.9 Å². The molecule has 11 nitrogen and oxygen atoms in total. The van der Waals surface area contributed by atoms with E-state index in [4.69, 9.17) is 4.99 Å². The second-order valence-corrected chi connectivity index (χ2v) is 30.0. The number of hydrogen-bond donors (Lipinski definition) is 10. The maximum atomic E-state index is 4.83. The molecule has 3 saturated heterocycles. The van der Waals surface area contributed by atoms with E-state index < -0.39 is 0 Å². The molecule has 0 amide bonds. The third-order valence-electron chi connectivity index (χ3n) is 21.7. The molecule has 574 valence electrons. The zero-order valence-corrected chi connectivity index (χ0v) is 65.9. The average molecular weight is 1520 g/mol. The molecule has 9 unspecified atom stereocenters. The first-order valence-corrected chi connectivity index (χ1v) is 40.5. The van der Waals surface area contributed by atoms with Gasteiger partial charge < -0.3 is 5.32 Å². The monoisotopic (exact) mass is 1510 g/mol. The van der Waals surface area contributed by atoms with Gasteiger partial charge in [0.05, 0.1) is 61.2 Å². The standard InChI is InChI=1S/3C28H27N3.C21H18N2/c1-20-29-27(24-18-16-22(17-19-24)21-10-4-2-5-11-21)31-28(30-20)26-15-9-8-14-25(26)23-12-6-3-7-13-23;1-20-29-27(24-17-15-23(16-18-24)21-9-4-2-5-10-21)31-28(30-20)26-14-8-13-25(19-26)22-11-6-3-7-12-22;1-20-29-27(25-16-12-23(13-17-25)21-8-4-2-5-9-21)31-28(30-20)26-18-14-24(15-19-26)22-10-6-3-7-11-22;1-15-22-20-13-6-5-12-19(20)21(23-15)18-11-7-10-17(14-18)16-8-3-2-4-9-16/h3*2-20,27-31H,1H3;2-15,22H,1H3. The lowest BCUT2D eigenvalue weighted by Gasteiger charge is -2.38. The number of aliphatic imine (C=N–C) groups is 1. The SMILES string of the molecule is CC1N=C(c2cccc(-c3ccccc3)c2)c2ccccc2N1.CC1NC(c2ccc(-c3ccccc3)cc2)NC(c2ccc(-c3ccccc3)cc2)N1.CC1NC(c2ccc(-c3ccccc3)cc2)NC(c2cccc(-c3ccccc3)c2)N1.CC1NC(c2ccc(-c3ccccc3)cc2)NC(c2ccccc2-c2ccccc2)N1. The number of hydrogen-bond acceptors (Lipinski definition) is 11. The molecule has 11 heteroatoms. The Morgan fingerprint density at radius 3 is 0.845 bits per heavy atom. The van der Waals surface area contributed by atoms with Crippen LogP contribution in [0, 0.1) is 0 Å². The molecular formula is C105H99N11. The van der Waals surface area contributed by atoms with Gasteiger partial charge in [0.2, 0.25) is 0 Å². The fraction of sp³-hybridized carbons (Fsp3) is 0.133. The molecule has 4 heterocycles. The fourth-order valence-corrected chi connectivity index (χ4v) is 15.8. The quantitative estimate of drug-likeness (QED) is 0.0513. The fourth-order valence-electron chi connectivity index (χ4n) is 15.8. The topological polar surface area (TPSA) is 133 Å². The van der Waals surface area contributed by atoms with Gasteiger partial charge in [-0.15, -0.1) is 0 Å². The van der Waals surface area contributed by atoms with Gasteiger partial charge in [-0.25, -0.2) is 0 Å². The third-order valence-corrected chi connectivity index (χ3v) is 21.7. The Hall–Kier alpha value is -12.6. The molecule has 0 aromatic heterocycles. The molecule has 19 rings (SSSR count). The normalized spacial score (nSPS) is 20.1. The lowest BCUT2D eigenvalue weighted by atomic mass is 9.95. The van der Waals surface area contributed by atoms with Crippen LogP contribution in [0.5, 0.6) is 0 Å². The molecule has 4 aliphatic heterocycles. The van der Waals surface area contributed by atoms with Crippen molar-refractivity contribution in [1.29, 1.82) is 0 Å². The highest BCUT2D eigenvalue weighted by atomic mass is 15.4. The van der Waals surface area contributed by atoms with Crippen molar-refractivity contribution in [3.05, 3.63) is 451 Å². The van der Waals surface area contributed by atoms with Crippen LogP contribution in [0.15, 0.2) is 411 Å². The maximum absolute atomic E-state index is 4.83. The van der Waals surface area contributed by atoms with E-state index in [0.717, 1.165) is 22.5 Å². The van der Waals surface area contributed by atoms with Crippen LogP contribution >= 0.6 is 0 Å². The van der Waals surface area contributed by atoms with Crippen molar-refractivity contribution < 1.29 is 0 Å². The van der Waals surface area contributed by atoms with Crippen LogP contribution in [0.3, 0.4) is 0 Å². The summed E-state index contributed by atoms with van der Waals surface area (Å²) in [5.41, 5.74) is 29.3. The first-order valence-electron chi connectivity index (χ1n) is 40.5. The third kappa shape index (κ3) is 19.4. The summed E-state index contributed by atoms with van der Waals surface area (Å²) in [6.07, 6.45) is 1.06. The summed E-state index contributed by atoms with van der Waals surface area (Å²) in [5.74, 6) is 0. The van der Waals surface area contributed by atoms with Gasteiger partial charge in [-0.2, -0.15) is 0 Å². The number of rotatable bonds is 14. The molecule has 0 aliphatic carbocycles. The van der Waals surface area contributed by atoms with Gasteiger partial charge in [-0.3, -0.25) is 52.8 Å². The van der Waals surface area contributed by atoms with Crippen molar-refractivity contribution in [3.63, 3.8) is 0 Å². The second-order valence-electron chi connectivity index (χ2n) is 30.0. The van der Waals surface area contributed by atoms with Gasteiger partial charge in [0, 0.05) is 16.8 Å². The highest BCUT2D eigenvalue weighted by Crippen LogP contribution is 2.35. The Morgan fingerprint density at radius 2 is 0.457 bits per heavy atom. The van der Waals surface area contributed by atoms with Crippen molar-refractivity contribution in [2.45, 2.75) is 89.4 Å².